The number of hydrogen-bond donors (Lipinski definition) is 0. The van der Waals surface area contributed by atoms with Crippen molar-refractivity contribution in [3.63, 3.8) is 0 Å². The average Bonchev–Trinajstić information content (AvgIpc) is 2.93. The Labute approximate surface area is 185 Å². The Morgan fingerprint density at radius 2 is 1.97 bits per heavy atom. The maximum atomic E-state index is 13.4. The van der Waals surface area contributed by atoms with Gasteiger partial charge in [-0.15, -0.1) is 0 Å². The van der Waals surface area contributed by atoms with Gasteiger partial charge in [0, 0.05) is 18.0 Å². The number of amides is 1. The van der Waals surface area contributed by atoms with Crippen molar-refractivity contribution in [2.75, 3.05) is 4.90 Å². The number of carbonyl (C=O) groups excluding carboxylic acids is 1. The van der Waals surface area contributed by atoms with Crippen LogP contribution < -0.4 is 10.6 Å². The number of rotatable bonds is 5. The third-order valence-corrected chi connectivity index (χ3v) is 5.66. The van der Waals surface area contributed by atoms with Crippen molar-refractivity contribution >= 4 is 23.2 Å². The van der Waals surface area contributed by atoms with Gasteiger partial charge in [-0.25, -0.2) is 9.48 Å². The highest BCUT2D eigenvalue weighted by molar-refractivity contribution is 6.31. The second kappa shape index (κ2) is 9.19. The molecule has 0 radical (unpaired) electrons. The molecule has 0 spiro atoms. The van der Waals surface area contributed by atoms with E-state index in [4.69, 9.17) is 11.6 Å². The molecule has 7 nitrogen and oxygen atoms in total. The smallest absolute Gasteiger partial charge is 0.305 e. The maximum Gasteiger partial charge on any atom is 0.346 e. The van der Waals surface area contributed by atoms with E-state index in [9.17, 15) is 14.9 Å². The molecular weight excluding hydrogens is 414 g/mol. The summed E-state index contributed by atoms with van der Waals surface area (Å²) >= 11 is 6.18. The first-order valence-corrected chi connectivity index (χ1v) is 10.6. The summed E-state index contributed by atoms with van der Waals surface area (Å²) < 4.78 is 2.90. The first-order chi connectivity index (χ1) is 15.1. The van der Waals surface area contributed by atoms with Crippen LogP contribution in [-0.4, -0.2) is 20.3 Å². The van der Waals surface area contributed by atoms with E-state index in [2.05, 4.69) is 11.2 Å². The van der Waals surface area contributed by atoms with Crippen LogP contribution in [0.3, 0.4) is 0 Å². The Balaban J connectivity index is 1.69. The van der Waals surface area contributed by atoms with Gasteiger partial charge in [0.15, 0.2) is 0 Å². The molecule has 1 aromatic heterocycles. The zero-order valence-corrected chi connectivity index (χ0v) is 17.8. The molecule has 0 saturated heterocycles. The molecular formula is C23H22ClN5O2. The maximum absolute atomic E-state index is 13.4. The molecule has 0 unspecified atom stereocenters. The normalized spacial score (nSPS) is 13.2. The minimum absolute atomic E-state index is 0.205. The standard InChI is InChI=1S/C23H22ClN5O2/c24-19-11-10-18(14-25)20(13-19)28(15-17-7-3-1-4-8-17)22(30)16-29-23(31)27-12-6-2-5-9-21(27)26-29/h1,3-4,7-8,10-11,13H,2,5-6,9,12,15-16H2. The summed E-state index contributed by atoms with van der Waals surface area (Å²) in [5, 5.41) is 14.4. The summed E-state index contributed by atoms with van der Waals surface area (Å²) in [7, 11) is 0. The Morgan fingerprint density at radius 1 is 1.16 bits per heavy atom. The average molecular weight is 436 g/mol. The van der Waals surface area contributed by atoms with Gasteiger partial charge in [-0.3, -0.25) is 9.36 Å². The third kappa shape index (κ3) is 4.54. The largest absolute Gasteiger partial charge is 0.346 e. The lowest BCUT2D eigenvalue weighted by Gasteiger charge is -2.24. The molecule has 8 heteroatoms. The number of fused-ring (bicyclic) bond motifs is 1. The minimum Gasteiger partial charge on any atom is -0.305 e. The van der Waals surface area contributed by atoms with Crippen molar-refractivity contribution in [3.05, 3.63) is 81.0 Å². The van der Waals surface area contributed by atoms with Crippen LogP contribution in [0.1, 0.15) is 36.2 Å². The van der Waals surface area contributed by atoms with Gasteiger partial charge in [0.05, 0.1) is 17.8 Å². The molecule has 1 aliphatic heterocycles. The second-order valence-electron chi connectivity index (χ2n) is 7.56. The number of hydrogen-bond acceptors (Lipinski definition) is 4. The predicted octanol–water partition coefficient (Wildman–Crippen LogP) is 3.53. The quantitative estimate of drug-likeness (QED) is 0.613. The fraction of sp³-hybridized carbons (Fsp3) is 0.304. The summed E-state index contributed by atoms with van der Waals surface area (Å²) in [6, 6.07) is 16.4. The Kier molecular flexibility index (Phi) is 6.19. The fourth-order valence-corrected chi connectivity index (χ4v) is 4.00. The van der Waals surface area contributed by atoms with Crippen molar-refractivity contribution < 1.29 is 4.79 Å². The topological polar surface area (TPSA) is 83.9 Å². The van der Waals surface area contributed by atoms with Gasteiger partial charge in [-0.05, 0) is 36.6 Å². The SMILES string of the molecule is N#Cc1ccc(Cl)cc1N(Cc1ccccc1)C(=O)Cn1nc2n(c1=O)CCCCC2. The van der Waals surface area contributed by atoms with Crippen molar-refractivity contribution in [1.29, 1.82) is 5.26 Å². The van der Waals surface area contributed by atoms with E-state index >= 15 is 0 Å². The number of nitrogens with zero attached hydrogens (tertiary/aromatic N) is 5. The summed E-state index contributed by atoms with van der Waals surface area (Å²) in [6.07, 6.45) is 3.72. The number of aromatic nitrogens is 3. The van der Waals surface area contributed by atoms with E-state index in [1.54, 1.807) is 22.8 Å². The monoisotopic (exact) mass is 435 g/mol. The van der Waals surface area contributed by atoms with Crippen LogP contribution in [0, 0.1) is 11.3 Å². The lowest BCUT2D eigenvalue weighted by Crippen LogP contribution is -2.37. The van der Waals surface area contributed by atoms with Gasteiger partial charge < -0.3 is 4.90 Å². The van der Waals surface area contributed by atoms with E-state index in [1.165, 1.54) is 9.58 Å². The number of carbonyl (C=O) groups is 1. The fourth-order valence-electron chi connectivity index (χ4n) is 3.84. The molecule has 3 aromatic rings. The molecule has 158 valence electrons. The van der Waals surface area contributed by atoms with Crippen LogP contribution in [0.25, 0.3) is 0 Å². The number of aryl methyl sites for hydroxylation is 1. The summed E-state index contributed by atoms with van der Waals surface area (Å²) in [4.78, 5) is 27.7. The van der Waals surface area contributed by atoms with E-state index in [-0.39, 0.29) is 24.7 Å². The van der Waals surface area contributed by atoms with E-state index in [0.717, 1.165) is 37.1 Å². The molecule has 0 bridgehead atoms. The van der Waals surface area contributed by atoms with Crippen molar-refractivity contribution in [2.24, 2.45) is 0 Å². The van der Waals surface area contributed by atoms with Crippen LogP contribution in [0.4, 0.5) is 5.69 Å². The van der Waals surface area contributed by atoms with Crippen molar-refractivity contribution in [2.45, 2.75) is 45.3 Å². The first-order valence-electron chi connectivity index (χ1n) is 10.3. The second-order valence-corrected chi connectivity index (χ2v) is 7.99. The number of nitriles is 1. The zero-order valence-electron chi connectivity index (χ0n) is 17.0. The van der Waals surface area contributed by atoms with Crippen LogP contribution in [0.15, 0.2) is 53.3 Å². The molecule has 0 atom stereocenters. The molecule has 2 heterocycles. The van der Waals surface area contributed by atoms with Gasteiger partial charge in [0.1, 0.15) is 18.4 Å². The number of halogens is 1. The highest BCUT2D eigenvalue weighted by Gasteiger charge is 2.23. The molecule has 4 rings (SSSR count). The number of benzene rings is 2. The molecule has 0 fully saturated rings. The van der Waals surface area contributed by atoms with E-state index in [0.29, 0.717) is 22.8 Å². The lowest BCUT2D eigenvalue weighted by molar-refractivity contribution is -0.119. The van der Waals surface area contributed by atoms with Gasteiger partial charge in [0.2, 0.25) is 5.91 Å². The predicted molar refractivity (Wildman–Crippen MR) is 118 cm³/mol. The summed E-state index contributed by atoms with van der Waals surface area (Å²) in [5.74, 6) is 0.392. The molecule has 0 N–H and O–H groups in total. The van der Waals surface area contributed by atoms with Gasteiger partial charge in [0.25, 0.3) is 0 Å². The highest BCUT2D eigenvalue weighted by Crippen LogP contribution is 2.26. The van der Waals surface area contributed by atoms with E-state index in [1.807, 2.05) is 30.3 Å². The van der Waals surface area contributed by atoms with E-state index < -0.39 is 0 Å². The Morgan fingerprint density at radius 3 is 2.74 bits per heavy atom. The van der Waals surface area contributed by atoms with Crippen LogP contribution in [0.5, 0.6) is 0 Å². The van der Waals surface area contributed by atoms with Gasteiger partial charge >= 0.3 is 5.69 Å². The molecule has 2 aromatic carbocycles. The Hall–Kier alpha value is -3.37. The van der Waals surface area contributed by atoms with Crippen LogP contribution in [-0.2, 0) is 30.8 Å². The summed E-state index contributed by atoms with van der Waals surface area (Å²) in [5.41, 5.74) is 1.38. The van der Waals surface area contributed by atoms with Crippen molar-refractivity contribution in [3.8, 4) is 6.07 Å². The van der Waals surface area contributed by atoms with Gasteiger partial charge in [-0.1, -0.05) is 48.4 Å². The third-order valence-electron chi connectivity index (χ3n) is 5.42. The lowest BCUT2D eigenvalue weighted by atomic mass is 10.1. The summed E-state index contributed by atoms with van der Waals surface area (Å²) in [6.45, 7) is 0.670. The molecule has 31 heavy (non-hydrogen) atoms. The first kappa shape index (κ1) is 20.9. The molecule has 0 saturated carbocycles. The van der Waals surface area contributed by atoms with Crippen LogP contribution in [0.2, 0.25) is 5.02 Å². The van der Waals surface area contributed by atoms with Gasteiger partial charge in [-0.2, -0.15) is 10.4 Å². The number of anilines is 1. The molecule has 0 aliphatic carbocycles. The zero-order chi connectivity index (χ0) is 21.8. The Bertz CT molecular complexity index is 1190. The van der Waals surface area contributed by atoms with Crippen LogP contribution >= 0.6 is 11.6 Å². The molecule has 1 amide bonds. The van der Waals surface area contributed by atoms with Crippen molar-refractivity contribution in [1.82, 2.24) is 14.3 Å². The minimum atomic E-state index is -0.335. The highest BCUT2D eigenvalue weighted by atomic mass is 35.5. The molecule has 1 aliphatic rings.